The Hall–Kier alpha value is -4.42. The Labute approximate surface area is 223 Å². The molecule has 210 valence electrons. The summed E-state index contributed by atoms with van der Waals surface area (Å²) in [7, 11) is 0. The van der Waals surface area contributed by atoms with Gasteiger partial charge in [-0.05, 0) is 53.8 Å². The lowest BCUT2D eigenvalue weighted by Crippen LogP contribution is -2.56. The van der Waals surface area contributed by atoms with Crippen LogP contribution in [0.15, 0.2) is 78.0 Å². The fraction of sp³-hybridized carbons (Fsp3) is 0.259. The number of hydrogen-bond acceptors (Lipinski definition) is 4. The monoisotopic (exact) mass is 565 g/mol. The first kappa shape index (κ1) is 28.6. The number of nitrogens with one attached hydrogen (secondary N) is 2. The molecule has 40 heavy (non-hydrogen) atoms. The average Bonchev–Trinajstić information content (AvgIpc) is 3.68. The molecule has 1 atom stereocenters. The van der Waals surface area contributed by atoms with Crippen molar-refractivity contribution in [2.24, 2.45) is 5.18 Å². The summed E-state index contributed by atoms with van der Waals surface area (Å²) in [6, 6.07) is 14.0. The smallest absolute Gasteiger partial charge is 0.428 e. The molecule has 4 rings (SSSR count). The third-order valence-electron chi connectivity index (χ3n) is 6.44. The van der Waals surface area contributed by atoms with Gasteiger partial charge in [0, 0.05) is 17.7 Å². The van der Waals surface area contributed by atoms with Crippen molar-refractivity contribution >= 4 is 11.9 Å². The molecule has 0 radical (unpaired) electrons. The Morgan fingerprint density at radius 1 is 0.925 bits per heavy atom. The number of nitroso groups, excluding NO2 is 1. The van der Waals surface area contributed by atoms with Crippen LogP contribution in [-0.2, 0) is 16.8 Å². The summed E-state index contributed by atoms with van der Waals surface area (Å²) in [4.78, 5) is 36.1. The normalized spacial score (nSPS) is 15.6. The first-order chi connectivity index (χ1) is 18.9. The molecule has 2 N–H and O–H groups in total. The number of hydrogen-bond donors (Lipinski definition) is 2. The summed E-state index contributed by atoms with van der Waals surface area (Å²) in [6.07, 6.45) is -9.14. The van der Waals surface area contributed by atoms with Crippen LogP contribution >= 0.6 is 0 Å². The van der Waals surface area contributed by atoms with Gasteiger partial charge in [-0.2, -0.15) is 17.6 Å². The summed E-state index contributed by atoms with van der Waals surface area (Å²) in [5.41, 5.74) is -2.99. The number of carbonyl (C=O) groups excluding carboxylic acids is 2. The predicted octanol–water partition coefficient (Wildman–Crippen LogP) is 5.81. The molecule has 0 spiro atoms. The minimum absolute atomic E-state index is 0.119. The van der Waals surface area contributed by atoms with Crippen LogP contribution < -0.4 is 15.4 Å². The molecule has 3 aromatic rings. The fourth-order valence-electron chi connectivity index (χ4n) is 4.31. The van der Waals surface area contributed by atoms with E-state index in [1.165, 1.54) is 12.1 Å². The zero-order chi connectivity index (χ0) is 29.1. The number of amides is 3. The lowest BCUT2D eigenvalue weighted by atomic mass is 9.77. The summed E-state index contributed by atoms with van der Waals surface area (Å²) in [5, 5.41) is 7.37. The van der Waals surface area contributed by atoms with E-state index in [-0.39, 0.29) is 30.4 Å². The van der Waals surface area contributed by atoms with Gasteiger partial charge in [0.2, 0.25) is 0 Å². The maximum Gasteiger partial charge on any atom is 0.461 e. The van der Waals surface area contributed by atoms with Crippen molar-refractivity contribution in [2.75, 3.05) is 0 Å². The van der Waals surface area contributed by atoms with Crippen LogP contribution in [0.25, 0.3) is 0 Å². The molecule has 0 saturated heterocycles. The molecule has 1 fully saturated rings. The van der Waals surface area contributed by atoms with Crippen molar-refractivity contribution in [2.45, 2.75) is 42.9 Å². The number of nitrogens with zero attached hydrogens (tertiary/aromatic N) is 1. The second kappa shape index (κ2) is 11.0. The number of urea groups is 1. The van der Waals surface area contributed by atoms with Crippen LogP contribution in [0.4, 0.5) is 31.1 Å². The first-order valence-electron chi connectivity index (χ1n) is 11.8. The van der Waals surface area contributed by atoms with Crippen LogP contribution in [-0.4, -0.2) is 30.0 Å². The van der Waals surface area contributed by atoms with E-state index < -0.39 is 52.9 Å². The third-order valence-corrected chi connectivity index (χ3v) is 6.44. The van der Waals surface area contributed by atoms with Crippen molar-refractivity contribution in [1.29, 1.82) is 0 Å². The molecular formula is C27H21F6N3O4. The Morgan fingerprint density at radius 2 is 1.57 bits per heavy atom. The highest BCUT2D eigenvalue weighted by molar-refractivity contribution is 5.94. The van der Waals surface area contributed by atoms with Gasteiger partial charge in [-0.15, -0.1) is 4.91 Å². The van der Waals surface area contributed by atoms with E-state index in [2.05, 4.69) is 20.5 Å². The maximum atomic E-state index is 14.8. The zero-order valence-corrected chi connectivity index (χ0v) is 20.5. The average molecular weight is 565 g/mol. The van der Waals surface area contributed by atoms with Gasteiger partial charge < -0.3 is 15.4 Å². The highest BCUT2D eigenvalue weighted by Crippen LogP contribution is 2.39. The molecule has 1 saturated carbocycles. The van der Waals surface area contributed by atoms with E-state index in [4.69, 9.17) is 0 Å². The van der Waals surface area contributed by atoms with Crippen LogP contribution in [0, 0.1) is 16.5 Å². The maximum absolute atomic E-state index is 14.8. The number of halogens is 6. The van der Waals surface area contributed by atoms with E-state index in [1.807, 2.05) is 0 Å². The minimum atomic E-state index is -4.96. The molecule has 0 unspecified atom stereocenters. The van der Waals surface area contributed by atoms with Gasteiger partial charge in [0.1, 0.15) is 22.9 Å². The first-order valence-corrected chi connectivity index (χ1v) is 11.8. The molecule has 0 aliphatic heterocycles. The van der Waals surface area contributed by atoms with Crippen LogP contribution in [0.2, 0.25) is 0 Å². The van der Waals surface area contributed by atoms with E-state index in [0.717, 1.165) is 24.3 Å². The number of benzene rings is 3. The predicted molar refractivity (Wildman–Crippen MR) is 130 cm³/mol. The SMILES string of the molecule is O=NC(=O)C1(NC(=O)N[C@](Cc2ccccc2)(c2ccc(F)cc2)c2cc(F)cc(OC(F)(F)C(F)F)c2)CC1. The highest BCUT2D eigenvalue weighted by Gasteiger charge is 2.53. The van der Waals surface area contributed by atoms with Crippen LogP contribution in [0.1, 0.15) is 29.5 Å². The molecule has 3 aromatic carbocycles. The quantitative estimate of drug-likeness (QED) is 0.240. The molecule has 0 heterocycles. The van der Waals surface area contributed by atoms with Gasteiger partial charge >= 0.3 is 24.5 Å². The summed E-state index contributed by atoms with van der Waals surface area (Å²) in [6.45, 7) is 0. The van der Waals surface area contributed by atoms with E-state index in [1.54, 1.807) is 30.3 Å². The number of ether oxygens (including phenoxy) is 1. The summed E-state index contributed by atoms with van der Waals surface area (Å²) >= 11 is 0. The Balaban J connectivity index is 1.88. The van der Waals surface area contributed by atoms with Gasteiger partial charge in [-0.1, -0.05) is 42.5 Å². The Kier molecular flexibility index (Phi) is 7.85. The van der Waals surface area contributed by atoms with Crippen molar-refractivity contribution in [1.82, 2.24) is 10.6 Å². The van der Waals surface area contributed by atoms with Crippen molar-refractivity contribution in [3.05, 3.63) is 106 Å². The van der Waals surface area contributed by atoms with Gasteiger partial charge in [0.05, 0.1) is 5.54 Å². The fourth-order valence-corrected chi connectivity index (χ4v) is 4.31. The van der Waals surface area contributed by atoms with Gasteiger partial charge in [0.25, 0.3) is 0 Å². The largest absolute Gasteiger partial charge is 0.461 e. The summed E-state index contributed by atoms with van der Waals surface area (Å²) in [5.74, 6) is -3.92. The molecule has 0 aromatic heterocycles. The lowest BCUT2D eigenvalue weighted by Gasteiger charge is -2.37. The van der Waals surface area contributed by atoms with Gasteiger partial charge in [-0.25, -0.2) is 13.6 Å². The van der Waals surface area contributed by atoms with E-state index in [9.17, 15) is 40.8 Å². The van der Waals surface area contributed by atoms with Crippen molar-refractivity contribution < 1.29 is 40.7 Å². The zero-order valence-electron chi connectivity index (χ0n) is 20.5. The molecule has 1 aliphatic rings. The van der Waals surface area contributed by atoms with E-state index >= 15 is 0 Å². The van der Waals surface area contributed by atoms with Crippen LogP contribution in [0.3, 0.4) is 0 Å². The molecule has 1 aliphatic carbocycles. The molecule has 0 bridgehead atoms. The standard InChI is InChI=1S/C27H21F6N3O4/c28-19-8-6-17(7-9-19)26(15-16-4-2-1-3-5-16,35-24(38)34-25(10-11-25)23(37)36-39)18-12-20(29)14-21(13-18)40-27(32,33)22(30)31/h1-9,12-14,22H,10-11,15H2,(H2,34,35,38)/t26-/m1/s1. The topological polar surface area (TPSA) is 96.9 Å². The minimum Gasteiger partial charge on any atom is -0.428 e. The number of alkyl halides is 4. The highest BCUT2D eigenvalue weighted by atomic mass is 19.3. The second-order valence-corrected chi connectivity index (χ2v) is 9.27. The number of carbonyl (C=O) groups is 2. The molecular weight excluding hydrogens is 544 g/mol. The van der Waals surface area contributed by atoms with Gasteiger partial charge in [-0.3, -0.25) is 4.79 Å². The van der Waals surface area contributed by atoms with Crippen molar-refractivity contribution in [3.63, 3.8) is 0 Å². The Morgan fingerprint density at radius 3 is 2.15 bits per heavy atom. The van der Waals surface area contributed by atoms with Crippen LogP contribution in [0.5, 0.6) is 5.75 Å². The van der Waals surface area contributed by atoms with E-state index in [0.29, 0.717) is 11.6 Å². The van der Waals surface area contributed by atoms with Gasteiger partial charge in [0.15, 0.2) is 0 Å². The third kappa shape index (κ3) is 6.08. The number of rotatable bonds is 10. The second-order valence-electron chi connectivity index (χ2n) is 9.27. The molecule has 3 amide bonds. The van der Waals surface area contributed by atoms with Crippen molar-refractivity contribution in [3.8, 4) is 5.75 Å². The Bertz CT molecular complexity index is 1400. The summed E-state index contributed by atoms with van der Waals surface area (Å²) < 4.78 is 86.0. The lowest BCUT2D eigenvalue weighted by molar-refractivity contribution is -0.253. The molecule has 7 nitrogen and oxygen atoms in total. The molecule has 13 heteroatoms.